The van der Waals surface area contributed by atoms with Crippen LogP contribution in [0.25, 0.3) is 0 Å². The van der Waals surface area contributed by atoms with E-state index in [1.807, 2.05) is 66.5 Å². The Morgan fingerprint density at radius 3 is 2.64 bits per heavy atom. The van der Waals surface area contributed by atoms with Gasteiger partial charge < -0.3 is 15.3 Å². The second-order valence-corrected chi connectivity index (χ2v) is 5.71. The average Bonchev–Trinajstić information content (AvgIpc) is 2.84. The lowest BCUT2D eigenvalue weighted by Gasteiger charge is -2.22. The maximum Gasteiger partial charge on any atom is 0.240 e. The van der Waals surface area contributed by atoms with Crippen molar-refractivity contribution in [3.05, 3.63) is 65.7 Å². The molecule has 0 aliphatic heterocycles. The number of amides is 1. The van der Waals surface area contributed by atoms with E-state index >= 15 is 0 Å². The van der Waals surface area contributed by atoms with Crippen LogP contribution in [-0.2, 0) is 11.2 Å². The van der Waals surface area contributed by atoms with Gasteiger partial charge >= 0.3 is 0 Å². The van der Waals surface area contributed by atoms with Gasteiger partial charge in [0.05, 0.1) is 18.7 Å². The number of hydrogen-bond acceptors (Lipinski definition) is 3. The number of likely N-dealkylation sites (N-methyl/N-ethyl adjacent to an activating group) is 1. The van der Waals surface area contributed by atoms with E-state index in [1.54, 1.807) is 0 Å². The lowest BCUT2D eigenvalue weighted by Crippen LogP contribution is -2.40. The number of carbonyl (C=O) groups is 1. The SMILES string of the molecule is CN(CC(=O)N[C@@H]1c2ccccc2C[C@@H]1O)c1ccccc1. The molecule has 0 aromatic heterocycles. The van der Waals surface area contributed by atoms with Crippen molar-refractivity contribution in [3.63, 3.8) is 0 Å². The standard InChI is InChI=1S/C18H20N2O2/c1-20(14-8-3-2-4-9-14)12-17(22)19-18-15-10-6-5-7-13(15)11-16(18)21/h2-10,16,18,21H,11-12H2,1H3,(H,19,22)/t16-,18+/m0/s1. The Morgan fingerprint density at radius 2 is 1.86 bits per heavy atom. The highest BCUT2D eigenvalue weighted by molar-refractivity contribution is 5.81. The van der Waals surface area contributed by atoms with E-state index in [0.717, 1.165) is 16.8 Å². The Hall–Kier alpha value is -2.33. The summed E-state index contributed by atoms with van der Waals surface area (Å²) in [6.45, 7) is 0.259. The van der Waals surface area contributed by atoms with Gasteiger partial charge in [0.15, 0.2) is 0 Å². The van der Waals surface area contributed by atoms with Crippen LogP contribution in [-0.4, -0.2) is 30.7 Å². The molecule has 1 aliphatic carbocycles. The average molecular weight is 296 g/mol. The Morgan fingerprint density at radius 1 is 1.18 bits per heavy atom. The number of nitrogens with zero attached hydrogens (tertiary/aromatic N) is 1. The fourth-order valence-corrected chi connectivity index (χ4v) is 2.96. The molecule has 0 bridgehead atoms. The molecule has 1 amide bonds. The van der Waals surface area contributed by atoms with Crippen LogP contribution in [0.5, 0.6) is 0 Å². The van der Waals surface area contributed by atoms with Crippen LogP contribution in [0, 0.1) is 0 Å². The lowest BCUT2D eigenvalue weighted by atomic mass is 10.1. The van der Waals surface area contributed by atoms with Crippen molar-refractivity contribution in [2.45, 2.75) is 18.6 Å². The summed E-state index contributed by atoms with van der Waals surface area (Å²) in [6, 6.07) is 17.3. The van der Waals surface area contributed by atoms with Crippen LogP contribution in [0.2, 0.25) is 0 Å². The third-order valence-electron chi connectivity index (χ3n) is 4.10. The summed E-state index contributed by atoms with van der Waals surface area (Å²) < 4.78 is 0. The highest BCUT2D eigenvalue weighted by Gasteiger charge is 2.31. The third-order valence-corrected chi connectivity index (χ3v) is 4.10. The van der Waals surface area contributed by atoms with E-state index in [-0.39, 0.29) is 18.5 Å². The number of carbonyl (C=O) groups excluding carboxylic acids is 1. The molecule has 22 heavy (non-hydrogen) atoms. The van der Waals surface area contributed by atoms with Crippen LogP contribution in [0.4, 0.5) is 5.69 Å². The fourth-order valence-electron chi connectivity index (χ4n) is 2.96. The number of rotatable bonds is 4. The molecular formula is C18H20N2O2. The quantitative estimate of drug-likeness (QED) is 0.906. The van der Waals surface area contributed by atoms with Gasteiger partial charge in [0.25, 0.3) is 0 Å². The Bertz CT molecular complexity index is 657. The number of anilines is 1. The first-order valence-corrected chi connectivity index (χ1v) is 7.46. The molecule has 2 N–H and O–H groups in total. The number of fused-ring (bicyclic) bond motifs is 1. The molecule has 2 aromatic rings. The Labute approximate surface area is 130 Å². The molecular weight excluding hydrogens is 276 g/mol. The molecule has 0 heterocycles. The second kappa shape index (κ2) is 6.20. The largest absolute Gasteiger partial charge is 0.390 e. The third kappa shape index (κ3) is 2.97. The van der Waals surface area contributed by atoms with Crippen LogP contribution in [0.1, 0.15) is 17.2 Å². The van der Waals surface area contributed by atoms with E-state index in [1.165, 1.54) is 0 Å². The van der Waals surface area contributed by atoms with Gasteiger partial charge in [-0.05, 0) is 23.3 Å². The smallest absolute Gasteiger partial charge is 0.240 e. The zero-order valence-electron chi connectivity index (χ0n) is 12.6. The zero-order valence-corrected chi connectivity index (χ0v) is 12.6. The van der Waals surface area contributed by atoms with Crippen molar-refractivity contribution in [2.75, 3.05) is 18.5 Å². The zero-order chi connectivity index (χ0) is 15.5. The van der Waals surface area contributed by atoms with E-state index < -0.39 is 6.10 Å². The lowest BCUT2D eigenvalue weighted by molar-refractivity contribution is -0.121. The van der Waals surface area contributed by atoms with Gasteiger partial charge in [0.1, 0.15) is 0 Å². The van der Waals surface area contributed by atoms with E-state index in [0.29, 0.717) is 6.42 Å². The fraction of sp³-hybridized carbons (Fsp3) is 0.278. The van der Waals surface area contributed by atoms with E-state index in [2.05, 4.69) is 5.32 Å². The maximum absolute atomic E-state index is 12.3. The van der Waals surface area contributed by atoms with Crippen molar-refractivity contribution in [1.82, 2.24) is 5.32 Å². The second-order valence-electron chi connectivity index (χ2n) is 5.71. The Balaban J connectivity index is 1.65. The molecule has 1 aliphatic rings. The van der Waals surface area contributed by atoms with Crippen LogP contribution >= 0.6 is 0 Å². The van der Waals surface area contributed by atoms with Gasteiger partial charge in [-0.3, -0.25) is 4.79 Å². The van der Waals surface area contributed by atoms with Crippen molar-refractivity contribution >= 4 is 11.6 Å². The number of aliphatic hydroxyl groups is 1. The number of aliphatic hydroxyl groups excluding tert-OH is 1. The van der Waals surface area contributed by atoms with Gasteiger partial charge in [0.2, 0.25) is 5.91 Å². The topological polar surface area (TPSA) is 52.6 Å². The van der Waals surface area contributed by atoms with E-state index in [4.69, 9.17) is 0 Å². The molecule has 4 nitrogen and oxygen atoms in total. The summed E-state index contributed by atoms with van der Waals surface area (Å²) in [4.78, 5) is 14.2. The summed E-state index contributed by atoms with van der Waals surface area (Å²) in [6.07, 6.45) is 0.0405. The molecule has 3 rings (SSSR count). The number of nitrogens with one attached hydrogen (secondary N) is 1. The molecule has 0 radical (unpaired) electrons. The van der Waals surface area contributed by atoms with Gasteiger partial charge in [-0.2, -0.15) is 0 Å². The van der Waals surface area contributed by atoms with Crippen LogP contribution in [0.15, 0.2) is 54.6 Å². The normalized spacial score (nSPS) is 19.5. The molecule has 2 aromatic carbocycles. The molecule has 4 heteroatoms. The van der Waals surface area contributed by atoms with Gasteiger partial charge in [-0.25, -0.2) is 0 Å². The first-order chi connectivity index (χ1) is 10.6. The monoisotopic (exact) mass is 296 g/mol. The molecule has 0 fully saturated rings. The number of para-hydroxylation sites is 1. The summed E-state index contributed by atoms with van der Waals surface area (Å²) in [7, 11) is 1.88. The maximum atomic E-state index is 12.3. The summed E-state index contributed by atoms with van der Waals surface area (Å²) >= 11 is 0. The molecule has 0 saturated heterocycles. The predicted molar refractivity (Wildman–Crippen MR) is 86.7 cm³/mol. The minimum absolute atomic E-state index is 0.0906. The highest BCUT2D eigenvalue weighted by atomic mass is 16.3. The number of benzene rings is 2. The van der Waals surface area contributed by atoms with Crippen molar-refractivity contribution in [2.24, 2.45) is 0 Å². The summed E-state index contributed by atoms with van der Waals surface area (Å²) in [5.74, 6) is -0.0906. The van der Waals surface area contributed by atoms with E-state index in [9.17, 15) is 9.90 Å². The van der Waals surface area contributed by atoms with Crippen molar-refractivity contribution < 1.29 is 9.90 Å². The molecule has 114 valence electrons. The minimum Gasteiger partial charge on any atom is -0.390 e. The van der Waals surface area contributed by atoms with Gasteiger partial charge in [-0.1, -0.05) is 42.5 Å². The summed E-state index contributed by atoms with van der Waals surface area (Å²) in [5.41, 5.74) is 3.12. The van der Waals surface area contributed by atoms with Crippen LogP contribution < -0.4 is 10.2 Å². The van der Waals surface area contributed by atoms with Crippen LogP contribution in [0.3, 0.4) is 0 Å². The molecule has 0 unspecified atom stereocenters. The molecule has 2 atom stereocenters. The molecule has 0 saturated carbocycles. The van der Waals surface area contributed by atoms with Gasteiger partial charge in [-0.15, -0.1) is 0 Å². The number of hydrogen-bond donors (Lipinski definition) is 2. The molecule has 0 spiro atoms. The van der Waals surface area contributed by atoms with Crippen molar-refractivity contribution in [3.8, 4) is 0 Å². The van der Waals surface area contributed by atoms with Gasteiger partial charge in [0, 0.05) is 19.2 Å². The summed E-state index contributed by atoms with van der Waals surface area (Å²) in [5, 5.41) is 13.1. The minimum atomic E-state index is -0.552. The predicted octanol–water partition coefficient (Wildman–Crippen LogP) is 1.90. The van der Waals surface area contributed by atoms with Crippen molar-refractivity contribution in [1.29, 1.82) is 0 Å². The highest BCUT2D eigenvalue weighted by Crippen LogP contribution is 2.31. The first kappa shape index (κ1) is 14.6. The first-order valence-electron chi connectivity index (χ1n) is 7.46. The Kier molecular flexibility index (Phi) is 4.11.